The zero-order valence-electron chi connectivity index (χ0n) is 14.5. The SMILES string of the molecule is Cc1onc(C(=O)NC(C)c2ccccc2)c1COc1ccccc1F. The van der Waals surface area contributed by atoms with Gasteiger partial charge in [-0.25, -0.2) is 4.39 Å². The summed E-state index contributed by atoms with van der Waals surface area (Å²) in [6.07, 6.45) is 0. The van der Waals surface area contributed by atoms with E-state index < -0.39 is 5.82 Å². The summed E-state index contributed by atoms with van der Waals surface area (Å²) in [6, 6.07) is 15.5. The second kappa shape index (κ2) is 7.82. The Morgan fingerprint density at radius 1 is 1.19 bits per heavy atom. The Morgan fingerprint density at radius 3 is 2.62 bits per heavy atom. The van der Waals surface area contributed by atoms with Crippen LogP contribution in [0.15, 0.2) is 59.1 Å². The van der Waals surface area contributed by atoms with Crippen molar-refractivity contribution in [3.05, 3.63) is 83.0 Å². The largest absolute Gasteiger partial charge is 0.486 e. The van der Waals surface area contributed by atoms with Gasteiger partial charge in [-0.15, -0.1) is 0 Å². The van der Waals surface area contributed by atoms with Gasteiger partial charge < -0.3 is 14.6 Å². The van der Waals surface area contributed by atoms with Crippen LogP contribution in [0.1, 0.15) is 40.3 Å². The van der Waals surface area contributed by atoms with Gasteiger partial charge in [0, 0.05) is 0 Å². The Morgan fingerprint density at radius 2 is 1.88 bits per heavy atom. The molecular weight excluding hydrogens is 335 g/mol. The van der Waals surface area contributed by atoms with Crippen LogP contribution in [0.3, 0.4) is 0 Å². The number of carbonyl (C=O) groups is 1. The first-order valence-electron chi connectivity index (χ1n) is 8.24. The number of nitrogens with one attached hydrogen (secondary N) is 1. The second-order valence-electron chi connectivity index (χ2n) is 5.89. The molecule has 0 saturated heterocycles. The lowest BCUT2D eigenvalue weighted by atomic mass is 10.1. The molecule has 26 heavy (non-hydrogen) atoms. The van der Waals surface area contributed by atoms with E-state index in [1.165, 1.54) is 12.1 Å². The minimum Gasteiger partial charge on any atom is -0.486 e. The first-order valence-corrected chi connectivity index (χ1v) is 8.24. The fraction of sp³-hybridized carbons (Fsp3) is 0.200. The number of hydrogen-bond acceptors (Lipinski definition) is 4. The quantitative estimate of drug-likeness (QED) is 0.721. The molecule has 0 aliphatic heterocycles. The Balaban J connectivity index is 1.72. The number of carbonyl (C=O) groups excluding carboxylic acids is 1. The standard InChI is InChI=1S/C20H19FN2O3/c1-13(15-8-4-3-5-9-15)22-20(24)19-16(14(2)26-23-19)12-25-18-11-7-6-10-17(18)21/h3-11,13H,12H2,1-2H3,(H,22,24). The molecule has 0 radical (unpaired) electrons. The number of nitrogens with zero attached hydrogens (tertiary/aromatic N) is 1. The van der Waals surface area contributed by atoms with Crippen molar-refractivity contribution in [3.8, 4) is 5.75 Å². The van der Waals surface area contributed by atoms with E-state index in [-0.39, 0.29) is 30.0 Å². The molecule has 0 aliphatic carbocycles. The van der Waals surface area contributed by atoms with Crippen LogP contribution in [0.4, 0.5) is 4.39 Å². The summed E-state index contributed by atoms with van der Waals surface area (Å²) in [5.74, 6) is -0.272. The van der Waals surface area contributed by atoms with Gasteiger partial charge in [0.15, 0.2) is 17.3 Å². The molecule has 6 heteroatoms. The molecule has 134 valence electrons. The monoisotopic (exact) mass is 354 g/mol. The highest BCUT2D eigenvalue weighted by Crippen LogP contribution is 2.21. The number of aryl methyl sites for hydroxylation is 1. The fourth-order valence-corrected chi connectivity index (χ4v) is 2.54. The van der Waals surface area contributed by atoms with Crippen LogP contribution in [-0.4, -0.2) is 11.1 Å². The molecule has 0 bridgehead atoms. The van der Waals surface area contributed by atoms with Gasteiger partial charge in [0.25, 0.3) is 5.91 Å². The molecule has 3 rings (SSSR count). The second-order valence-corrected chi connectivity index (χ2v) is 5.89. The number of aromatic nitrogens is 1. The van der Waals surface area contributed by atoms with Crippen molar-refractivity contribution in [1.29, 1.82) is 0 Å². The first-order chi connectivity index (χ1) is 12.6. The third-order valence-corrected chi connectivity index (χ3v) is 4.06. The summed E-state index contributed by atoms with van der Waals surface area (Å²) in [6.45, 7) is 3.55. The highest BCUT2D eigenvalue weighted by molar-refractivity contribution is 5.94. The van der Waals surface area contributed by atoms with Crippen LogP contribution < -0.4 is 10.1 Å². The summed E-state index contributed by atoms with van der Waals surface area (Å²) in [5.41, 5.74) is 1.61. The highest BCUT2D eigenvalue weighted by Gasteiger charge is 2.22. The molecular formula is C20H19FN2O3. The summed E-state index contributed by atoms with van der Waals surface area (Å²) in [7, 11) is 0. The molecule has 1 heterocycles. The van der Waals surface area contributed by atoms with Crippen LogP contribution in [0.5, 0.6) is 5.75 Å². The Labute approximate surface area is 150 Å². The molecule has 1 amide bonds. The number of hydrogen-bond donors (Lipinski definition) is 1. The van der Waals surface area contributed by atoms with Crippen molar-refractivity contribution in [1.82, 2.24) is 10.5 Å². The van der Waals surface area contributed by atoms with Gasteiger partial charge in [-0.2, -0.15) is 0 Å². The predicted octanol–water partition coefficient (Wildman–Crippen LogP) is 4.19. The van der Waals surface area contributed by atoms with Crippen LogP contribution in [0, 0.1) is 12.7 Å². The fourth-order valence-electron chi connectivity index (χ4n) is 2.54. The molecule has 0 spiro atoms. The smallest absolute Gasteiger partial charge is 0.274 e. The lowest BCUT2D eigenvalue weighted by Gasteiger charge is -2.14. The van der Waals surface area contributed by atoms with Gasteiger partial charge in [0.1, 0.15) is 12.4 Å². The highest BCUT2D eigenvalue weighted by atomic mass is 19.1. The zero-order valence-corrected chi connectivity index (χ0v) is 14.5. The van der Waals surface area contributed by atoms with Crippen molar-refractivity contribution in [2.75, 3.05) is 0 Å². The third kappa shape index (κ3) is 3.91. The van der Waals surface area contributed by atoms with Gasteiger partial charge in [0.2, 0.25) is 0 Å². The number of halogens is 1. The maximum atomic E-state index is 13.7. The topological polar surface area (TPSA) is 64.4 Å². The van der Waals surface area contributed by atoms with Crippen LogP contribution in [0.25, 0.3) is 0 Å². The lowest BCUT2D eigenvalue weighted by molar-refractivity contribution is 0.0928. The summed E-state index contributed by atoms with van der Waals surface area (Å²) in [4.78, 5) is 12.6. The summed E-state index contributed by atoms with van der Waals surface area (Å²) in [5, 5.41) is 6.72. The molecule has 3 aromatic rings. The zero-order chi connectivity index (χ0) is 18.5. The Bertz CT molecular complexity index is 893. The maximum Gasteiger partial charge on any atom is 0.274 e. The minimum absolute atomic E-state index is 0.0151. The molecule has 5 nitrogen and oxygen atoms in total. The van der Waals surface area contributed by atoms with E-state index in [9.17, 15) is 9.18 Å². The van der Waals surface area contributed by atoms with E-state index in [2.05, 4.69) is 10.5 Å². The lowest BCUT2D eigenvalue weighted by Crippen LogP contribution is -2.28. The number of benzene rings is 2. The van der Waals surface area contributed by atoms with Gasteiger partial charge in [-0.3, -0.25) is 4.79 Å². The molecule has 1 unspecified atom stereocenters. The first kappa shape index (κ1) is 17.7. The van der Waals surface area contributed by atoms with E-state index in [0.29, 0.717) is 11.3 Å². The minimum atomic E-state index is -0.467. The van der Waals surface area contributed by atoms with Crippen molar-refractivity contribution in [3.63, 3.8) is 0 Å². The van der Waals surface area contributed by atoms with Crippen LogP contribution in [-0.2, 0) is 6.61 Å². The van der Waals surface area contributed by atoms with Gasteiger partial charge >= 0.3 is 0 Å². The Kier molecular flexibility index (Phi) is 5.31. The average molecular weight is 354 g/mol. The third-order valence-electron chi connectivity index (χ3n) is 4.06. The van der Waals surface area contributed by atoms with Gasteiger partial charge in [-0.05, 0) is 31.5 Å². The van der Waals surface area contributed by atoms with Crippen molar-refractivity contribution in [2.45, 2.75) is 26.5 Å². The molecule has 0 aliphatic rings. The molecule has 1 aromatic heterocycles. The molecule has 0 saturated carbocycles. The molecule has 0 fully saturated rings. The van der Waals surface area contributed by atoms with Gasteiger partial charge in [-0.1, -0.05) is 47.6 Å². The number of para-hydroxylation sites is 1. The van der Waals surface area contributed by atoms with Crippen molar-refractivity contribution < 1.29 is 18.4 Å². The van der Waals surface area contributed by atoms with E-state index in [0.717, 1.165) is 5.56 Å². The molecule has 1 atom stereocenters. The number of amides is 1. The summed E-state index contributed by atoms with van der Waals surface area (Å²) >= 11 is 0. The van der Waals surface area contributed by atoms with E-state index in [4.69, 9.17) is 9.26 Å². The van der Waals surface area contributed by atoms with E-state index in [1.807, 2.05) is 37.3 Å². The van der Waals surface area contributed by atoms with Crippen LogP contribution >= 0.6 is 0 Å². The predicted molar refractivity (Wildman–Crippen MR) is 94.3 cm³/mol. The number of ether oxygens (including phenoxy) is 1. The number of rotatable bonds is 6. The molecule has 1 N–H and O–H groups in total. The maximum absolute atomic E-state index is 13.7. The van der Waals surface area contributed by atoms with Crippen LogP contribution in [0.2, 0.25) is 0 Å². The normalized spacial score (nSPS) is 11.8. The summed E-state index contributed by atoms with van der Waals surface area (Å²) < 4.78 is 24.3. The molecule has 2 aromatic carbocycles. The van der Waals surface area contributed by atoms with Crippen molar-refractivity contribution >= 4 is 5.91 Å². The average Bonchev–Trinajstić information content (AvgIpc) is 3.02. The van der Waals surface area contributed by atoms with Crippen molar-refractivity contribution in [2.24, 2.45) is 0 Å². The van der Waals surface area contributed by atoms with E-state index >= 15 is 0 Å². The van der Waals surface area contributed by atoms with Gasteiger partial charge in [0.05, 0.1) is 11.6 Å². The van der Waals surface area contributed by atoms with E-state index in [1.54, 1.807) is 19.1 Å². The Hall–Kier alpha value is -3.15.